The molecule has 2 nitrogen and oxygen atoms in total. The summed E-state index contributed by atoms with van der Waals surface area (Å²) in [5, 5.41) is 0. The van der Waals surface area contributed by atoms with Crippen LogP contribution in [0.4, 0.5) is 0 Å². The van der Waals surface area contributed by atoms with Gasteiger partial charge in [0.2, 0.25) is 0 Å². The summed E-state index contributed by atoms with van der Waals surface area (Å²) in [6.45, 7) is 6.26. The molecule has 0 saturated carbocycles. The topological polar surface area (TPSA) is 52.0 Å². The first kappa shape index (κ1) is 9.40. The second-order valence-electron chi connectivity index (χ2n) is 2.29. The van der Waals surface area contributed by atoms with Crippen LogP contribution in [0, 0.1) is 0 Å². The molecule has 58 valence electrons. The molecule has 0 unspecified atom stereocenters. The average Bonchev–Trinajstić information content (AvgIpc) is 1.99. The van der Waals surface area contributed by atoms with Gasteiger partial charge in [0.15, 0.2) is 0 Å². The quantitative estimate of drug-likeness (QED) is 0.567. The minimum Gasteiger partial charge on any atom is -0.327 e. The van der Waals surface area contributed by atoms with Gasteiger partial charge in [-0.25, -0.2) is 0 Å². The largest absolute Gasteiger partial charge is 0.327 e. The molecule has 0 amide bonds. The molecule has 0 aliphatic rings. The van der Waals surface area contributed by atoms with Crippen molar-refractivity contribution in [2.45, 2.75) is 19.4 Å². The van der Waals surface area contributed by atoms with Gasteiger partial charge in [-0.05, 0) is 12.0 Å². The van der Waals surface area contributed by atoms with E-state index in [0.717, 1.165) is 12.0 Å². The number of rotatable bonds is 4. The summed E-state index contributed by atoms with van der Waals surface area (Å²) in [6.07, 6.45) is 4.76. The van der Waals surface area contributed by atoms with Crippen molar-refractivity contribution in [3.63, 3.8) is 0 Å². The van der Waals surface area contributed by atoms with Gasteiger partial charge in [0, 0.05) is 12.6 Å². The molecule has 0 aliphatic carbocycles. The van der Waals surface area contributed by atoms with E-state index < -0.39 is 0 Å². The Balaban J connectivity index is 3.63. The van der Waals surface area contributed by atoms with Crippen molar-refractivity contribution in [1.82, 2.24) is 0 Å². The van der Waals surface area contributed by atoms with E-state index in [1.165, 1.54) is 0 Å². The molecule has 0 aromatic rings. The van der Waals surface area contributed by atoms with Crippen molar-refractivity contribution >= 4 is 0 Å². The third-order valence-corrected chi connectivity index (χ3v) is 1.31. The van der Waals surface area contributed by atoms with E-state index in [0.29, 0.717) is 6.54 Å². The van der Waals surface area contributed by atoms with Crippen LogP contribution in [-0.2, 0) is 0 Å². The fraction of sp³-hybridized carbons (Fsp3) is 0.500. The second kappa shape index (κ2) is 5.21. The zero-order valence-electron chi connectivity index (χ0n) is 6.51. The van der Waals surface area contributed by atoms with E-state index in [-0.39, 0.29) is 6.04 Å². The van der Waals surface area contributed by atoms with Crippen LogP contribution in [0.1, 0.15) is 13.3 Å². The molecule has 0 aromatic heterocycles. The van der Waals surface area contributed by atoms with E-state index in [1.807, 2.05) is 19.1 Å². The van der Waals surface area contributed by atoms with Crippen molar-refractivity contribution < 1.29 is 0 Å². The summed E-state index contributed by atoms with van der Waals surface area (Å²) in [6, 6.07) is 0.142. The fourth-order valence-corrected chi connectivity index (χ4v) is 0.464. The van der Waals surface area contributed by atoms with Crippen molar-refractivity contribution in [2.75, 3.05) is 6.54 Å². The highest BCUT2D eigenvalue weighted by molar-refractivity contribution is 5.16. The Bertz CT molecular complexity index is 127. The monoisotopic (exact) mass is 140 g/mol. The molecular formula is C8H16N2. The molecular weight excluding hydrogens is 124 g/mol. The van der Waals surface area contributed by atoms with E-state index >= 15 is 0 Å². The highest BCUT2D eigenvalue weighted by Gasteiger charge is 1.89. The van der Waals surface area contributed by atoms with Gasteiger partial charge in [-0.15, -0.1) is 0 Å². The van der Waals surface area contributed by atoms with E-state index in [2.05, 4.69) is 6.58 Å². The van der Waals surface area contributed by atoms with Gasteiger partial charge in [-0.1, -0.05) is 25.7 Å². The van der Waals surface area contributed by atoms with Gasteiger partial charge in [-0.2, -0.15) is 0 Å². The number of nitrogens with two attached hydrogens (primary N) is 2. The van der Waals surface area contributed by atoms with Crippen LogP contribution >= 0.6 is 0 Å². The molecule has 4 N–H and O–H groups in total. The standard InChI is InChI=1S/C8H16N2/c1-3-8(10)5-4-7(2)6-9/h4-5,8H,2-3,6,9-10H2,1H3/b5-4-/t8-/m0/s1. The first-order valence-electron chi connectivity index (χ1n) is 3.52. The predicted octanol–water partition coefficient (Wildman–Crippen LogP) is 0.795. The molecule has 2 heteroatoms. The van der Waals surface area contributed by atoms with Crippen LogP contribution in [0.5, 0.6) is 0 Å². The maximum absolute atomic E-state index is 5.61. The summed E-state index contributed by atoms with van der Waals surface area (Å²) >= 11 is 0. The van der Waals surface area contributed by atoms with E-state index in [4.69, 9.17) is 11.5 Å². The van der Waals surface area contributed by atoms with Gasteiger partial charge in [0.25, 0.3) is 0 Å². The van der Waals surface area contributed by atoms with Crippen LogP contribution < -0.4 is 11.5 Å². The Hall–Kier alpha value is -0.600. The second-order valence-corrected chi connectivity index (χ2v) is 2.29. The van der Waals surface area contributed by atoms with E-state index in [1.54, 1.807) is 0 Å². The third-order valence-electron chi connectivity index (χ3n) is 1.31. The zero-order chi connectivity index (χ0) is 7.98. The summed E-state index contributed by atoms with van der Waals surface area (Å²) in [7, 11) is 0. The minimum atomic E-state index is 0.142. The molecule has 0 spiro atoms. The van der Waals surface area contributed by atoms with Crippen LogP contribution in [0.15, 0.2) is 24.3 Å². The molecule has 0 bridgehead atoms. The number of hydrogen-bond donors (Lipinski definition) is 2. The third kappa shape index (κ3) is 4.30. The summed E-state index contributed by atoms with van der Waals surface area (Å²) in [4.78, 5) is 0. The highest BCUT2D eigenvalue weighted by atomic mass is 14.6. The van der Waals surface area contributed by atoms with Gasteiger partial charge >= 0.3 is 0 Å². The van der Waals surface area contributed by atoms with Crippen LogP contribution in [-0.4, -0.2) is 12.6 Å². The smallest absolute Gasteiger partial charge is 0.0224 e. The predicted molar refractivity (Wildman–Crippen MR) is 45.6 cm³/mol. The van der Waals surface area contributed by atoms with Crippen LogP contribution in [0.2, 0.25) is 0 Å². The Morgan fingerprint density at radius 3 is 2.70 bits per heavy atom. The average molecular weight is 140 g/mol. The molecule has 0 fully saturated rings. The molecule has 0 aliphatic heterocycles. The van der Waals surface area contributed by atoms with Gasteiger partial charge in [-0.3, -0.25) is 0 Å². The number of hydrogen-bond acceptors (Lipinski definition) is 2. The van der Waals surface area contributed by atoms with E-state index in [9.17, 15) is 0 Å². The zero-order valence-corrected chi connectivity index (χ0v) is 6.51. The molecule has 0 aromatic carbocycles. The lowest BCUT2D eigenvalue weighted by atomic mass is 10.2. The van der Waals surface area contributed by atoms with Crippen molar-refractivity contribution in [3.05, 3.63) is 24.3 Å². The summed E-state index contributed by atoms with van der Waals surface area (Å²) < 4.78 is 0. The summed E-state index contributed by atoms with van der Waals surface area (Å²) in [5.74, 6) is 0. The molecule has 0 saturated heterocycles. The molecule has 0 radical (unpaired) electrons. The lowest BCUT2D eigenvalue weighted by Gasteiger charge is -1.99. The molecule has 0 heterocycles. The Labute approximate surface area is 62.6 Å². The maximum Gasteiger partial charge on any atom is 0.0224 e. The SMILES string of the molecule is C=C(/C=C\[C@@H](N)CC)CN. The first-order valence-corrected chi connectivity index (χ1v) is 3.52. The van der Waals surface area contributed by atoms with Crippen LogP contribution in [0.25, 0.3) is 0 Å². The van der Waals surface area contributed by atoms with Crippen molar-refractivity contribution in [2.24, 2.45) is 11.5 Å². The maximum atomic E-state index is 5.61. The van der Waals surface area contributed by atoms with Gasteiger partial charge in [0.1, 0.15) is 0 Å². The van der Waals surface area contributed by atoms with Gasteiger partial charge in [0.05, 0.1) is 0 Å². The normalized spacial score (nSPS) is 13.9. The summed E-state index contributed by atoms with van der Waals surface area (Å²) in [5.41, 5.74) is 11.8. The molecule has 10 heavy (non-hydrogen) atoms. The van der Waals surface area contributed by atoms with Crippen molar-refractivity contribution in [1.29, 1.82) is 0 Å². The Morgan fingerprint density at radius 2 is 2.30 bits per heavy atom. The Morgan fingerprint density at radius 1 is 1.70 bits per heavy atom. The molecule has 0 rings (SSSR count). The van der Waals surface area contributed by atoms with Crippen molar-refractivity contribution in [3.8, 4) is 0 Å². The fourth-order valence-electron chi connectivity index (χ4n) is 0.464. The first-order chi connectivity index (χ1) is 4.70. The molecule has 1 atom stereocenters. The lowest BCUT2D eigenvalue weighted by Crippen LogP contribution is -2.14. The lowest BCUT2D eigenvalue weighted by molar-refractivity contribution is 0.781. The highest BCUT2D eigenvalue weighted by Crippen LogP contribution is 1.93. The van der Waals surface area contributed by atoms with Gasteiger partial charge < -0.3 is 11.5 Å². The Kier molecular flexibility index (Phi) is 4.89. The van der Waals surface area contributed by atoms with Crippen LogP contribution in [0.3, 0.4) is 0 Å². The minimum absolute atomic E-state index is 0.142.